The van der Waals surface area contributed by atoms with Gasteiger partial charge in [-0.15, -0.1) is 5.10 Å². The second kappa shape index (κ2) is 8.66. The van der Waals surface area contributed by atoms with Gasteiger partial charge in [-0.2, -0.15) is 0 Å². The van der Waals surface area contributed by atoms with Gasteiger partial charge in [0.1, 0.15) is 16.8 Å². The van der Waals surface area contributed by atoms with E-state index in [1.54, 1.807) is 25.1 Å². The second-order valence-electron chi connectivity index (χ2n) is 6.45. The van der Waals surface area contributed by atoms with Gasteiger partial charge in [-0.25, -0.2) is 14.6 Å². The maximum absolute atomic E-state index is 12.5. The number of amides is 1. The first-order valence-electron chi connectivity index (χ1n) is 9.29. The highest BCUT2D eigenvalue weighted by Crippen LogP contribution is 2.32. The number of anilines is 1. The van der Waals surface area contributed by atoms with Gasteiger partial charge in [-0.05, 0) is 17.7 Å². The van der Waals surface area contributed by atoms with Crippen LogP contribution in [0.5, 0.6) is 5.75 Å². The molecule has 9 heteroatoms. The molecule has 0 bridgehead atoms. The monoisotopic (exact) mass is 404 g/mol. The molecule has 2 heterocycles. The third kappa shape index (κ3) is 3.96. The molecule has 0 atom stereocenters. The van der Waals surface area contributed by atoms with E-state index in [0.717, 1.165) is 11.1 Å². The van der Waals surface area contributed by atoms with Crippen molar-refractivity contribution in [2.75, 3.05) is 26.1 Å². The number of hydrogen-bond acceptors (Lipinski definition) is 7. The van der Waals surface area contributed by atoms with Gasteiger partial charge in [0.25, 0.3) is 5.91 Å². The van der Waals surface area contributed by atoms with Gasteiger partial charge >= 0.3 is 0 Å². The summed E-state index contributed by atoms with van der Waals surface area (Å²) in [7, 11) is 3.17. The lowest BCUT2D eigenvalue weighted by molar-refractivity contribution is 0.102. The van der Waals surface area contributed by atoms with Crippen molar-refractivity contribution in [1.82, 2.24) is 25.0 Å². The minimum Gasteiger partial charge on any atom is -0.494 e. The summed E-state index contributed by atoms with van der Waals surface area (Å²) < 4.78 is 12.0. The standard InChI is InChI=1S/C21H20N6O3/c1-29-11-10-27-13-16(25-26-27)21(28)24-18-12-22-19-15(14-6-4-3-5-7-14)8-9-17(30-2)20(19)23-18/h3-9,12-13H,10-11H2,1-2H3,(H,23,24,28). The lowest BCUT2D eigenvalue weighted by atomic mass is 10.0. The van der Waals surface area contributed by atoms with Crippen LogP contribution >= 0.6 is 0 Å². The first-order valence-corrected chi connectivity index (χ1v) is 9.29. The van der Waals surface area contributed by atoms with E-state index in [9.17, 15) is 4.79 Å². The molecular formula is C21H20N6O3. The smallest absolute Gasteiger partial charge is 0.279 e. The largest absolute Gasteiger partial charge is 0.494 e. The van der Waals surface area contributed by atoms with Crippen molar-refractivity contribution < 1.29 is 14.3 Å². The van der Waals surface area contributed by atoms with Crippen LogP contribution in [0.2, 0.25) is 0 Å². The SMILES string of the molecule is COCCn1cc(C(=O)Nc2cnc3c(-c4ccccc4)ccc(OC)c3n2)nn1. The van der Waals surface area contributed by atoms with Crippen molar-refractivity contribution in [3.63, 3.8) is 0 Å². The normalized spacial score (nSPS) is 10.9. The molecule has 0 fully saturated rings. The fourth-order valence-electron chi connectivity index (χ4n) is 3.03. The number of nitrogens with zero attached hydrogens (tertiary/aromatic N) is 5. The van der Waals surface area contributed by atoms with E-state index in [1.807, 2.05) is 42.5 Å². The van der Waals surface area contributed by atoms with Crippen LogP contribution in [0, 0.1) is 0 Å². The zero-order chi connectivity index (χ0) is 20.9. The fraction of sp³-hybridized carbons (Fsp3) is 0.190. The Balaban J connectivity index is 1.64. The van der Waals surface area contributed by atoms with E-state index < -0.39 is 5.91 Å². The molecule has 1 amide bonds. The molecule has 2 aromatic heterocycles. The minimum absolute atomic E-state index is 0.179. The molecule has 0 spiro atoms. The first kappa shape index (κ1) is 19.5. The molecule has 0 aliphatic carbocycles. The Morgan fingerprint density at radius 1 is 1.10 bits per heavy atom. The topological polar surface area (TPSA) is 104 Å². The van der Waals surface area contributed by atoms with Crippen LogP contribution in [-0.4, -0.2) is 51.7 Å². The molecule has 0 aliphatic heterocycles. The van der Waals surface area contributed by atoms with Crippen molar-refractivity contribution in [1.29, 1.82) is 0 Å². The highest BCUT2D eigenvalue weighted by molar-refractivity contribution is 6.03. The number of carbonyl (C=O) groups is 1. The third-order valence-corrected chi connectivity index (χ3v) is 4.50. The van der Waals surface area contributed by atoms with Crippen molar-refractivity contribution in [3.05, 3.63) is 60.6 Å². The van der Waals surface area contributed by atoms with Gasteiger partial charge in [0.2, 0.25) is 0 Å². The molecule has 0 radical (unpaired) electrons. The van der Waals surface area contributed by atoms with Crippen LogP contribution < -0.4 is 10.1 Å². The summed E-state index contributed by atoms with van der Waals surface area (Å²) in [6, 6.07) is 13.7. The second-order valence-corrected chi connectivity index (χ2v) is 6.45. The van der Waals surface area contributed by atoms with Crippen molar-refractivity contribution in [2.45, 2.75) is 6.54 Å². The predicted octanol–water partition coefficient (Wildman–Crippen LogP) is 2.80. The number of benzene rings is 2. The Morgan fingerprint density at radius 2 is 1.93 bits per heavy atom. The zero-order valence-corrected chi connectivity index (χ0v) is 16.6. The number of fused-ring (bicyclic) bond motifs is 1. The highest BCUT2D eigenvalue weighted by Gasteiger charge is 2.15. The van der Waals surface area contributed by atoms with Gasteiger partial charge in [0.05, 0.1) is 32.7 Å². The fourth-order valence-corrected chi connectivity index (χ4v) is 3.03. The average molecular weight is 404 g/mol. The van der Waals surface area contributed by atoms with Crippen LogP contribution in [0.3, 0.4) is 0 Å². The Morgan fingerprint density at radius 3 is 2.70 bits per heavy atom. The first-order chi connectivity index (χ1) is 14.7. The Labute approximate surface area is 172 Å². The van der Waals surface area contributed by atoms with Crippen LogP contribution in [0.4, 0.5) is 5.82 Å². The number of aromatic nitrogens is 5. The van der Waals surface area contributed by atoms with Crippen LogP contribution in [0.15, 0.2) is 54.9 Å². The van der Waals surface area contributed by atoms with E-state index >= 15 is 0 Å². The summed E-state index contributed by atoms with van der Waals surface area (Å²) in [5, 5.41) is 10.5. The molecule has 152 valence electrons. The van der Waals surface area contributed by atoms with E-state index in [2.05, 4.69) is 25.6 Å². The number of hydrogen-bond donors (Lipinski definition) is 1. The quantitative estimate of drug-likeness (QED) is 0.505. The van der Waals surface area contributed by atoms with E-state index in [0.29, 0.717) is 35.8 Å². The van der Waals surface area contributed by atoms with Crippen molar-refractivity contribution >= 4 is 22.8 Å². The summed E-state index contributed by atoms with van der Waals surface area (Å²) in [6.07, 6.45) is 3.07. The lowest BCUT2D eigenvalue weighted by Gasteiger charge is -2.11. The van der Waals surface area contributed by atoms with Gasteiger partial charge in [0, 0.05) is 12.7 Å². The van der Waals surface area contributed by atoms with Crippen LogP contribution in [0.25, 0.3) is 22.2 Å². The summed E-state index contributed by atoms with van der Waals surface area (Å²) in [5.74, 6) is 0.437. The molecule has 1 N–H and O–H groups in total. The van der Waals surface area contributed by atoms with E-state index in [-0.39, 0.29) is 5.69 Å². The molecule has 4 rings (SSSR count). The van der Waals surface area contributed by atoms with Crippen molar-refractivity contribution in [3.8, 4) is 16.9 Å². The number of nitrogens with one attached hydrogen (secondary N) is 1. The molecule has 2 aromatic carbocycles. The Kier molecular flexibility index (Phi) is 5.62. The Bertz CT molecular complexity index is 1180. The van der Waals surface area contributed by atoms with Gasteiger partial charge in [-0.1, -0.05) is 35.5 Å². The molecule has 0 unspecified atom stereocenters. The van der Waals surface area contributed by atoms with E-state index in [1.165, 1.54) is 6.20 Å². The third-order valence-electron chi connectivity index (χ3n) is 4.50. The van der Waals surface area contributed by atoms with Gasteiger partial charge in [0.15, 0.2) is 11.5 Å². The molecular weight excluding hydrogens is 384 g/mol. The van der Waals surface area contributed by atoms with Crippen LogP contribution in [-0.2, 0) is 11.3 Å². The summed E-state index contributed by atoms with van der Waals surface area (Å²) >= 11 is 0. The van der Waals surface area contributed by atoms with Gasteiger partial charge in [-0.3, -0.25) is 4.79 Å². The molecule has 0 saturated heterocycles. The molecule has 30 heavy (non-hydrogen) atoms. The average Bonchev–Trinajstić information content (AvgIpc) is 3.26. The van der Waals surface area contributed by atoms with Crippen molar-refractivity contribution in [2.24, 2.45) is 0 Å². The number of ether oxygens (including phenoxy) is 2. The summed E-state index contributed by atoms with van der Waals surface area (Å²) in [5.41, 5.74) is 3.37. The van der Waals surface area contributed by atoms with Crippen LogP contribution in [0.1, 0.15) is 10.5 Å². The zero-order valence-electron chi connectivity index (χ0n) is 16.6. The number of rotatable bonds is 7. The van der Waals surface area contributed by atoms with Gasteiger partial charge < -0.3 is 14.8 Å². The maximum Gasteiger partial charge on any atom is 0.279 e. The highest BCUT2D eigenvalue weighted by atomic mass is 16.5. The summed E-state index contributed by atoms with van der Waals surface area (Å²) in [6.45, 7) is 0.982. The number of methoxy groups -OCH3 is 2. The molecule has 0 aliphatic rings. The predicted molar refractivity (Wildman–Crippen MR) is 111 cm³/mol. The van der Waals surface area contributed by atoms with E-state index in [4.69, 9.17) is 9.47 Å². The lowest BCUT2D eigenvalue weighted by Crippen LogP contribution is -2.14. The molecule has 4 aromatic rings. The Hall–Kier alpha value is -3.85. The molecule has 0 saturated carbocycles. The summed E-state index contributed by atoms with van der Waals surface area (Å²) in [4.78, 5) is 21.6. The molecule has 9 nitrogen and oxygen atoms in total. The maximum atomic E-state index is 12.5. The minimum atomic E-state index is -0.425. The number of carbonyl (C=O) groups excluding carboxylic acids is 1.